The molecule has 0 aliphatic rings. The lowest BCUT2D eigenvalue weighted by molar-refractivity contribution is -0.154. The van der Waals surface area contributed by atoms with Gasteiger partial charge >= 0.3 is 5.97 Å². The van der Waals surface area contributed by atoms with Gasteiger partial charge in [-0.05, 0) is 32.4 Å². The highest BCUT2D eigenvalue weighted by atomic mass is 32.1. The fourth-order valence-corrected chi connectivity index (χ4v) is 2.80. The third kappa shape index (κ3) is 7.30. The largest absolute Gasteiger partial charge is 0.459 e. The van der Waals surface area contributed by atoms with Crippen LogP contribution in [0.2, 0.25) is 0 Å². The molecule has 1 aromatic carbocycles. The highest BCUT2D eigenvalue weighted by Gasteiger charge is 2.17. The van der Waals surface area contributed by atoms with E-state index in [-0.39, 0.29) is 18.9 Å². The summed E-state index contributed by atoms with van der Waals surface area (Å²) in [5, 5.41) is 3.26. The molecule has 25 heavy (non-hydrogen) atoms. The van der Waals surface area contributed by atoms with Crippen molar-refractivity contribution in [1.29, 1.82) is 0 Å². The number of nitrogens with zero attached hydrogens (tertiary/aromatic N) is 1. The van der Waals surface area contributed by atoms with Crippen molar-refractivity contribution < 1.29 is 14.3 Å². The molecule has 0 saturated heterocycles. The van der Waals surface area contributed by atoms with Crippen LogP contribution in [-0.2, 0) is 20.7 Å². The molecule has 132 valence electrons. The molecule has 1 amide bonds. The Morgan fingerprint density at radius 1 is 1.20 bits per heavy atom. The van der Waals surface area contributed by atoms with Crippen molar-refractivity contribution in [2.24, 2.45) is 0 Å². The van der Waals surface area contributed by atoms with Crippen molar-refractivity contribution in [2.45, 2.75) is 32.8 Å². The molecule has 0 saturated carbocycles. The SMILES string of the molecule is CC(C)(C)OC(=O)CNC(=O)Cc1ncc(C=Cc2ccccc2)s1. The molecule has 1 heterocycles. The fraction of sp³-hybridized carbons (Fsp3) is 0.316. The lowest BCUT2D eigenvalue weighted by Crippen LogP contribution is -2.35. The zero-order valence-corrected chi connectivity index (χ0v) is 15.4. The lowest BCUT2D eigenvalue weighted by atomic mass is 10.2. The van der Waals surface area contributed by atoms with Crippen molar-refractivity contribution in [2.75, 3.05) is 6.54 Å². The van der Waals surface area contributed by atoms with Gasteiger partial charge in [-0.25, -0.2) is 4.98 Å². The Hall–Kier alpha value is -2.47. The first-order chi connectivity index (χ1) is 11.8. The normalized spacial score (nSPS) is 11.5. The minimum Gasteiger partial charge on any atom is -0.459 e. The maximum absolute atomic E-state index is 11.9. The Labute approximate surface area is 151 Å². The number of rotatable bonds is 6. The lowest BCUT2D eigenvalue weighted by Gasteiger charge is -2.19. The molecule has 0 atom stereocenters. The van der Waals surface area contributed by atoms with Gasteiger partial charge in [0.2, 0.25) is 5.91 Å². The van der Waals surface area contributed by atoms with E-state index in [0.29, 0.717) is 5.01 Å². The number of esters is 1. The fourth-order valence-electron chi connectivity index (χ4n) is 1.97. The molecular formula is C19H22N2O3S. The summed E-state index contributed by atoms with van der Waals surface area (Å²) in [4.78, 5) is 28.7. The van der Waals surface area contributed by atoms with Gasteiger partial charge in [0.25, 0.3) is 0 Å². The Bertz CT molecular complexity index is 746. The number of ether oxygens (including phenoxy) is 1. The molecule has 1 aromatic heterocycles. The van der Waals surface area contributed by atoms with Gasteiger partial charge < -0.3 is 10.1 Å². The van der Waals surface area contributed by atoms with E-state index in [4.69, 9.17) is 4.74 Å². The molecule has 5 nitrogen and oxygen atoms in total. The van der Waals surface area contributed by atoms with Crippen LogP contribution in [0.5, 0.6) is 0 Å². The third-order valence-corrected chi connectivity index (χ3v) is 3.94. The molecule has 2 rings (SSSR count). The van der Waals surface area contributed by atoms with E-state index < -0.39 is 11.6 Å². The molecule has 0 aliphatic heterocycles. The smallest absolute Gasteiger partial charge is 0.325 e. The van der Waals surface area contributed by atoms with E-state index in [1.165, 1.54) is 11.3 Å². The van der Waals surface area contributed by atoms with Crippen molar-refractivity contribution >= 4 is 35.4 Å². The highest BCUT2D eigenvalue weighted by Crippen LogP contribution is 2.16. The van der Waals surface area contributed by atoms with Gasteiger partial charge in [-0.15, -0.1) is 11.3 Å². The number of benzene rings is 1. The van der Waals surface area contributed by atoms with Crippen molar-refractivity contribution in [3.8, 4) is 0 Å². The number of nitrogens with one attached hydrogen (secondary N) is 1. The van der Waals surface area contributed by atoms with E-state index in [2.05, 4.69) is 10.3 Å². The second-order valence-electron chi connectivity index (χ2n) is 6.44. The molecule has 0 radical (unpaired) electrons. The number of thiazole rings is 1. The molecule has 0 unspecified atom stereocenters. The number of amides is 1. The van der Waals surface area contributed by atoms with Gasteiger partial charge in [0.1, 0.15) is 17.2 Å². The van der Waals surface area contributed by atoms with Gasteiger partial charge in [0.15, 0.2) is 0 Å². The van der Waals surface area contributed by atoms with Crippen molar-refractivity contribution in [3.05, 3.63) is 52.0 Å². The molecule has 0 spiro atoms. The van der Waals surface area contributed by atoms with Gasteiger partial charge in [-0.3, -0.25) is 9.59 Å². The third-order valence-electron chi connectivity index (χ3n) is 2.97. The van der Waals surface area contributed by atoms with Crippen LogP contribution in [0.4, 0.5) is 0 Å². The summed E-state index contributed by atoms with van der Waals surface area (Å²) in [6.07, 6.45) is 5.85. The summed E-state index contributed by atoms with van der Waals surface area (Å²) in [6.45, 7) is 5.22. The Kier molecular flexibility index (Phi) is 6.47. The quantitative estimate of drug-likeness (QED) is 0.805. The first-order valence-corrected chi connectivity index (χ1v) is 8.80. The van der Waals surface area contributed by atoms with E-state index in [1.807, 2.05) is 42.5 Å². The van der Waals surface area contributed by atoms with Crippen LogP contribution in [0.25, 0.3) is 12.2 Å². The predicted molar refractivity (Wildman–Crippen MR) is 100 cm³/mol. The van der Waals surface area contributed by atoms with Crippen molar-refractivity contribution in [1.82, 2.24) is 10.3 Å². The molecular weight excluding hydrogens is 336 g/mol. The summed E-state index contributed by atoms with van der Waals surface area (Å²) in [5.41, 5.74) is 0.546. The average molecular weight is 358 g/mol. The second-order valence-corrected chi connectivity index (χ2v) is 7.59. The summed E-state index contributed by atoms with van der Waals surface area (Å²) in [7, 11) is 0. The zero-order chi connectivity index (χ0) is 18.3. The first kappa shape index (κ1) is 18.9. The number of aromatic nitrogens is 1. The van der Waals surface area contributed by atoms with Crippen LogP contribution in [0.15, 0.2) is 36.5 Å². The van der Waals surface area contributed by atoms with Gasteiger partial charge in [0, 0.05) is 11.1 Å². The molecule has 1 N–H and O–H groups in total. The van der Waals surface area contributed by atoms with Gasteiger partial charge in [-0.2, -0.15) is 0 Å². The molecule has 6 heteroatoms. The maximum atomic E-state index is 11.9. The summed E-state index contributed by atoms with van der Waals surface area (Å²) in [5.74, 6) is -0.703. The van der Waals surface area contributed by atoms with E-state index in [0.717, 1.165) is 10.4 Å². The standard InChI is InChI=1S/C19H22N2O3S/c1-19(2,3)24-18(23)13-20-16(22)11-17-21-12-15(25-17)10-9-14-7-5-4-6-8-14/h4-10,12H,11,13H2,1-3H3,(H,20,22). The van der Waals surface area contributed by atoms with Gasteiger partial charge in [-0.1, -0.05) is 36.4 Å². The van der Waals surface area contributed by atoms with Crippen LogP contribution >= 0.6 is 11.3 Å². The summed E-state index contributed by atoms with van der Waals surface area (Å²) >= 11 is 1.45. The van der Waals surface area contributed by atoms with E-state index in [9.17, 15) is 9.59 Å². The van der Waals surface area contributed by atoms with Crippen LogP contribution in [0, 0.1) is 0 Å². The van der Waals surface area contributed by atoms with E-state index >= 15 is 0 Å². The van der Waals surface area contributed by atoms with Gasteiger partial charge in [0.05, 0.1) is 6.42 Å². The number of hydrogen-bond acceptors (Lipinski definition) is 5. The number of carbonyl (C=O) groups excluding carboxylic acids is 2. The zero-order valence-electron chi connectivity index (χ0n) is 14.6. The van der Waals surface area contributed by atoms with Crippen LogP contribution in [0.3, 0.4) is 0 Å². The van der Waals surface area contributed by atoms with Crippen LogP contribution in [0.1, 0.15) is 36.2 Å². The first-order valence-electron chi connectivity index (χ1n) is 7.98. The molecule has 0 aliphatic carbocycles. The maximum Gasteiger partial charge on any atom is 0.325 e. The minimum atomic E-state index is -0.558. The summed E-state index contributed by atoms with van der Waals surface area (Å²) in [6, 6.07) is 9.96. The number of hydrogen-bond donors (Lipinski definition) is 1. The predicted octanol–water partition coefficient (Wildman–Crippen LogP) is 3.31. The van der Waals surface area contributed by atoms with E-state index in [1.54, 1.807) is 27.0 Å². The van der Waals surface area contributed by atoms with Crippen LogP contribution < -0.4 is 5.32 Å². The second kappa shape index (κ2) is 8.58. The van der Waals surface area contributed by atoms with Crippen LogP contribution in [-0.4, -0.2) is 29.0 Å². The molecule has 0 fully saturated rings. The average Bonchev–Trinajstić information content (AvgIpc) is 2.98. The molecule has 0 bridgehead atoms. The summed E-state index contributed by atoms with van der Waals surface area (Å²) < 4.78 is 5.14. The minimum absolute atomic E-state index is 0.137. The molecule has 2 aromatic rings. The Morgan fingerprint density at radius 2 is 1.92 bits per heavy atom. The highest BCUT2D eigenvalue weighted by molar-refractivity contribution is 7.12. The Balaban J connectivity index is 1.81. The monoisotopic (exact) mass is 358 g/mol. The van der Waals surface area contributed by atoms with Crippen molar-refractivity contribution in [3.63, 3.8) is 0 Å². The topological polar surface area (TPSA) is 68.3 Å². The Morgan fingerprint density at radius 3 is 2.60 bits per heavy atom. The number of carbonyl (C=O) groups is 2.